The zero-order chi connectivity index (χ0) is 13.9. The number of benzene rings is 1. The van der Waals surface area contributed by atoms with Gasteiger partial charge in [0.15, 0.2) is 0 Å². The SMILES string of the molecule is CCCCCCCC(Cc1ccc(OC)cc1)NN. The topological polar surface area (TPSA) is 47.3 Å². The fourth-order valence-electron chi connectivity index (χ4n) is 2.28. The van der Waals surface area contributed by atoms with Crippen LogP contribution in [0.25, 0.3) is 0 Å². The molecule has 0 radical (unpaired) electrons. The third kappa shape index (κ3) is 6.60. The van der Waals surface area contributed by atoms with Crippen molar-refractivity contribution in [3.05, 3.63) is 29.8 Å². The molecular formula is C16H28N2O. The molecule has 108 valence electrons. The standard InChI is InChI=1S/C16H28N2O/c1-3-4-5-6-7-8-15(18-17)13-14-9-11-16(19-2)12-10-14/h9-12,15,18H,3-8,13,17H2,1-2H3. The first kappa shape index (κ1) is 16.0. The Morgan fingerprint density at radius 3 is 2.37 bits per heavy atom. The Bertz CT molecular complexity index is 324. The molecule has 0 heterocycles. The van der Waals surface area contributed by atoms with Crippen LogP contribution >= 0.6 is 0 Å². The van der Waals surface area contributed by atoms with E-state index in [1.54, 1.807) is 7.11 Å². The second-order valence-corrected chi connectivity index (χ2v) is 5.12. The van der Waals surface area contributed by atoms with Gasteiger partial charge in [-0.2, -0.15) is 0 Å². The van der Waals surface area contributed by atoms with E-state index in [2.05, 4.69) is 24.5 Å². The number of methoxy groups -OCH3 is 1. The minimum absolute atomic E-state index is 0.370. The fourth-order valence-corrected chi connectivity index (χ4v) is 2.28. The maximum Gasteiger partial charge on any atom is 0.118 e. The number of hydrogen-bond acceptors (Lipinski definition) is 3. The summed E-state index contributed by atoms with van der Waals surface area (Å²) in [5, 5.41) is 0. The van der Waals surface area contributed by atoms with Crippen molar-refractivity contribution >= 4 is 0 Å². The molecule has 0 aliphatic carbocycles. The number of unbranched alkanes of at least 4 members (excludes halogenated alkanes) is 4. The van der Waals surface area contributed by atoms with Crippen molar-refractivity contribution in [3.63, 3.8) is 0 Å². The monoisotopic (exact) mass is 264 g/mol. The lowest BCUT2D eigenvalue weighted by Crippen LogP contribution is -2.36. The number of nitrogens with one attached hydrogen (secondary N) is 1. The second kappa shape index (κ2) is 9.82. The van der Waals surface area contributed by atoms with Crippen molar-refractivity contribution in [3.8, 4) is 5.75 Å². The number of hydrogen-bond donors (Lipinski definition) is 2. The van der Waals surface area contributed by atoms with E-state index in [4.69, 9.17) is 10.6 Å². The van der Waals surface area contributed by atoms with E-state index in [1.165, 1.54) is 37.7 Å². The van der Waals surface area contributed by atoms with Crippen LogP contribution in [0.1, 0.15) is 51.0 Å². The molecule has 0 saturated heterocycles. The lowest BCUT2D eigenvalue weighted by molar-refractivity contribution is 0.414. The van der Waals surface area contributed by atoms with Crippen LogP contribution in [0.5, 0.6) is 5.75 Å². The molecule has 0 aromatic heterocycles. The van der Waals surface area contributed by atoms with Crippen LogP contribution < -0.4 is 16.0 Å². The number of nitrogens with two attached hydrogens (primary N) is 1. The molecule has 3 N–H and O–H groups in total. The Morgan fingerprint density at radius 2 is 1.79 bits per heavy atom. The van der Waals surface area contributed by atoms with Crippen LogP contribution in [0.3, 0.4) is 0 Å². The zero-order valence-electron chi connectivity index (χ0n) is 12.3. The lowest BCUT2D eigenvalue weighted by atomic mass is 10.0. The van der Waals surface area contributed by atoms with Gasteiger partial charge in [0.2, 0.25) is 0 Å². The highest BCUT2D eigenvalue weighted by Crippen LogP contribution is 2.15. The van der Waals surface area contributed by atoms with Crippen LogP contribution in [0.2, 0.25) is 0 Å². The van der Waals surface area contributed by atoms with E-state index in [9.17, 15) is 0 Å². The maximum absolute atomic E-state index is 5.64. The zero-order valence-corrected chi connectivity index (χ0v) is 12.3. The molecule has 1 unspecified atom stereocenters. The summed E-state index contributed by atoms with van der Waals surface area (Å²) in [6, 6.07) is 8.60. The summed E-state index contributed by atoms with van der Waals surface area (Å²) >= 11 is 0. The van der Waals surface area contributed by atoms with Gasteiger partial charge in [-0.05, 0) is 30.5 Å². The van der Waals surface area contributed by atoms with Crippen molar-refractivity contribution in [2.45, 2.75) is 57.9 Å². The van der Waals surface area contributed by atoms with Gasteiger partial charge in [0.1, 0.15) is 5.75 Å². The third-order valence-electron chi connectivity index (χ3n) is 3.53. The molecule has 0 bridgehead atoms. The highest BCUT2D eigenvalue weighted by atomic mass is 16.5. The van der Waals surface area contributed by atoms with Crippen LogP contribution in [-0.2, 0) is 6.42 Å². The smallest absolute Gasteiger partial charge is 0.118 e. The molecule has 1 aromatic rings. The van der Waals surface area contributed by atoms with Crippen molar-refractivity contribution < 1.29 is 4.74 Å². The van der Waals surface area contributed by atoms with Crippen LogP contribution in [-0.4, -0.2) is 13.2 Å². The quantitative estimate of drug-likeness (QED) is 0.387. The molecule has 19 heavy (non-hydrogen) atoms. The lowest BCUT2D eigenvalue weighted by Gasteiger charge is -2.16. The van der Waals surface area contributed by atoms with Gasteiger partial charge in [-0.3, -0.25) is 11.3 Å². The number of hydrazine groups is 1. The molecule has 1 atom stereocenters. The van der Waals surface area contributed by atoms with E-state index >= 15 is 0 Å². The van der Waals surface area contributed by atoms with Crippen LogP contribution in [0, 0.1) is 0 Å². The average Bonchev–Trinajstić information content (AvgIpc) is 2.46. The van der Waals surface area contributed by atoms with Crippen LogP contribution in [0.15, 0.2) is 24.3 Å². The van der Waals surface area contributed by atoms with Gasteiger partial charge < -0.3 is 4.74 Å². The average molecular weight is 264 g/mol. The van der Waals surface area contributed by atoms with Crippen molar-refractivity contribution in [1.29, 1.82) is 0 Å². The van der Waals surface area contributed by atoms with E-state index in [1.807, 2.05) is 12.1 Å². The third-order valence-corrected chi connectivity index (χ3v) is 3.53. The van der Waals surface area contributed by atoms with Gasteiger partial charge in [-0.25, -0.2) is 0 Å². The summed E-state index contributed by atoms with van der Waals surface area (Å²) in [5.41, 5.74) is 4.24. The highest BCUT2D eigenvalue weighted by molar-refractivity contribution is 5.27. The van der Waals surface area contributed by atoms with Crippen molar-refractivity contribution in [2.75, 3.05) is 7.11 Å². The molecule has 0 spiro atoms. The van der Waals surface area contributed by atoms with Gasteiger partial charge in [-0.1, -0.05) is 51.2 Å². The molecule has 0 saturated carbocycles. The summed E-state index contributed by atoms with van der Waals surface area (Å²) in [5.74, 6) is 6.55. The summed E-state index contributed by atoms with van der Waals surface area (Å²) < 4.78 is 5.16. The molecule has 0 fully saturated rings. The molecular weight excluding hydrogens is 236 g/mol. The summed E-state index contributed by atoms with van der Waals surface area (Å²) in [4.78, 5) is 0. The summed E-state index contributed by atoms with van der Waals surface area (Å²) in [6.07, 6.45) is 8.68. The van der Waals surface area contributed by atoms with Crippen molar-refractivity contribution in [1.82, 2.24) is 5.43 Å². The Balaban J connectivity index is 2.30. The van der Waals surface area contributed by atoms with Gasteiger partial charge in [0, 0.05) is 6.04 Å². The molecule has 0 aliphatic heterocycles. The van der Waals surface area contributed by atoms with E-state index in [-0.39, 0.29) is 0 Å². The van der Waals surface area contributed by atoms with Gasteiger partial charge in [-0.15, -0.1) is 0 Å². The van der Waals surface area contributed by atoms with Gasteiger partial charge in [0.05, 0.1) is 7.11 Å². The van der Waals surface area contributed by atoms with Crippen LogP contribution in [0.4, 0.5) is 0 Å². The number of ether oxygens (including phenoxy) is 1. The van der Waals surface area contributed by atoms with E-state index < -0.39 is 0 Å². The first-order valence-electron chi connectivity index (χ1n) is 7.39. The molecule has 0 amide bonds. The minimum atomic E-state index is 0.370. The van der Waals surface area contributed by atoms with Gasteiger partial charge in [0.25, 0.3) is 0 Å². The predicted molar refractivity (Wildman–Crippen MR) is 81.2 cm³/mol. The summed E-state index contributed by atoms with van der Waals surface area (Å²) in [7, 11) is 1.69. The first-order chi connectivity index (χ1) is 9.30. The molecule has 0 aliphatic rings. The summed E-state index contributed by atoms with van der Waals surface area (Å²) in [6.45, 7) is 2.24. The maximum atomic E-state index is 5.64. The normalized spacial score (nSPS) is 12.4. The Kier molecular flexibility index (Phi) is 8.26. The van der Waals surface area contributed by atoms with Crippen molar-refractivity contribution in [2.24, 2.45) is 5.84 Å². The van der Waals surface area contributed by atoms with Gasteiger partial charge >= 0.3 is 0 Å². The molecule has 3 heteroatoms. The first-order valence-corrected chi connectivity index (χ1v) is 7.39. The predicted octanol–water partition coefficient (Wildman–Crippen LogP) is 3.43. The largest absolute Gasteiger partial charge is 0.497 e. The fraction of sp³-hybridized carbons (Fsp3) is 0.625. The molecule has 1 aromatic carbocycles. The second-order valence-electron chi connectivity index (χ2n) is 5.12. The molecule has 3 nitrogen and oxygen atoms in total. The molecule has 1 rings (SSSR count). The minimum Gasteiger partial charge on any atom is -0.497 e. The highest BCUT2D eigenvalue weighted by Gasteiger charge is 2.07. The Morgan fingerprint density at radius 1 is 1.11 bits per heavy atom. The Hall–Kier alpha value is -1.06. The van der Waals surface area contributed by atoms with E-state index in [0.717, 1.165) is 18.6 Å². The van der Waals surface area contributed by atoms with E-state index in [0.29, 0.717) is 6.04 Å². The number of rotatable bonds is 10. The Labute approximate surface area is 117 Å².